The summed E-state index contributed by atoms with van der Waals surface area (Å²) in [5, 5.41) is 6.41. The molecule has 0 aliphatic rings. The molecular weight excluding hydrogens is 357 g/mol. The van der Waals surface area contributed by atoms with Crippen molar-refractivity contribution in [3.05, 3.63) is 59.2 Å². The van der Waals surface area contributed by atoms with Crippen molar-refractivity contribution in [1.82, 2.24) is 10.2 Å². The summed E-state index contributed by atoms with van der Waals surface area (Å²) in [6, 6.07) is 13.6. The van der Waals surface area contributed by atoms with Crippen molar-refractivity contribution < 1.29 is 13.2 Å². The average Bonchev–Trinajstić information content (AvgIpc) is 3.00. The molecule has 124 valence electrons. The molecule has 1 aromatic heterocycles. The van der Waals surface area contributed by atoms with Crippen LogP contribution in [-0.2, 0) is 6.18 Å². The number of nitrogens with one attached hydrogen (secondary N) is 1. The predicted octanol–water partition coefficient (Wildman–Crippen LogP) is 6.14. The Balaban J connectivity index is 2.21. The molecular formula is C17H12ClF3N2S. The Kier molecular flexibility index (Phi) is 4.60. The van der Waals surface area contributed by atoms with Gasteiger partial charge in [-0.3, -0.25) is 5.10 Å². The summed E-state index contributed by atoms with van der Waals surface area (Å²) >= 11 is 7.51. The monoisotopic (exact) mass is 368 g/mol. The maximum absolute atomic E-state index is 13.4. The number of halogens is 4. The fraction of sp³-hybridized carbons (Fsp3) is 0.118. The topological polar surface area (TPSA) is 28.7 Å². The Labute approximate surface area is 146 Å². The molecule has 0 aliphatic heterocycles. The van der Waals surface area contributed by atoms with Crippen LogP contribution in [0.1, 0.15) is 5.69 Å². The number of benzene rings is 2. The highest BCUT2D eigenvalue weighted by atomic mass is 35.5. The quantitative estimate of drug-likeness (QED) is 0.563. The van der Waals surface area contributed by atoms with Gasteiger partial charge in [-0.25, -0.2) is 0 Å². The first-order chi connectivity index (χ1) is 11.4. The van der Waals surface area contributed by atoms with Crippen LogP contribution in [-0.4, -0.2) is 16.5 Å². The van der Waals surface area contributed by atoms with Crippen molar-refractivity contribution in [2.45, 2.75) is 11.1 Å². The molecule has 0 radical (unpaired) electrons. The second-order valence-electron chi connectivity index (χ2n) is 5.06. The largest absolute Gasteiger partial charge is 0.435 e. The summed E-state index contributed by atoms with van der Waals surface area (Å²) in [7, 11) is 0. The molecule has 0 fully saturated rings. The molecule has 0 unspecified atom stereocenters. The zero-order valence-electron chi connectivity index (χ0n) is 12.5. The van der Waals surface area contributed by atoms with Crippen molar-refractivity contribution in [2.24, 2.45) is 0 Å². The van der Waals surface area contributed by atoms with E-state index in [-0.39, 0.29) is 5.56 Å². The van der Waals surface area contributed by atoms with E-state index in [0.717, 1.165) is 4.90 Å². The highest BCUT2D eigenvalue weighted by Crippen LogP contribution is 2.41. The molecule has 0 saturated heterocycles. The van der Waals surface area contributed by atoms with Crippen LogP contribution in [0.4, 0.5) is 13.2 Å². The number of rotatable bonds is 3. The number of aromatic nitrogens is 2. The van der Waals surface area contributed by atoms with Crippen molar-refractivity contribution in [2.75, 3.05) is 6.26 Å². The third-order valence-corrected chi connectivity index (χ3v) is 4.51. The van der Waals surface area contributed by atoms with E-state index < -0.39 is 11.9 Å². The maximum atomic E-state index is 13.4. The first-order valence-corrected chi connectivity index (χ1v) is 8.56. The van der Waals surface area contributed by atoms with Gasteiger partial charge in [0.15, 0.2) is 5.69 Å². The molecule has 1 heterocycles. The van der Waals surface area contributed by atoms with Gasteiger partial charge in [-0.2, -0.15) is 18.3 Å². The molecule has 24 heavy (non-hydrogen) atoms. The Morgan fingerprint density at radius 1 is 1.04 bits per heavy atom. The molecule has 1 N–H and O–H groups in total. The lowest BCUT2D eigenvalue weighted by molar-refractivity contribution is -0.140. The Morgan fingerprint density at radius 3 is 2.33 bits per heavy atom. The molecule has 0 aliphatic carbocycles. The Hall–Kier alpha value is -1.92. The van der Waals surface area contributed by atoms with E-state index in [1.807, 2.05) is 18.4 Å². The van der Waals surface area contributed by atoms with E-state index in [2.05, 4.69) is 10.2 Å². The lowest BCUT2D eigenvalue weighted by Crippen LogP contribution is -2.07. The highest BCUT2D eigenvalue weighted by molar-refractivity contribution is 7.98. The van der Waals surface area contributed by atoms with Gasteiger partial charge in [0.1, 0.15) is 0 Å². The third kappa shape index (κ3) is 3.30. The van der Waals surface area contributed by atoms with Gasteiger partial charge in [-0.1, -0.05) is 35.9 Å². The second-order valence-corrected chi connectivity index (χ2v) is 6.37. The molecule has 0 atom stereocenters. The van der Waals surface area contributed by atoms with Crippen molar-refractivity contribution in [3.63, 3.8) is 0 Å². The molecule has 0 saturated carbocycles. The van der Waals surface area contributed by atoms with Crippen LogP contribution in [0.25, 0.3) is 22.4 Å². The Bertz CT molecular complexity index is 857. The minimum atomic E-state index is -4.56. The summed E-state index contributed by atoms with van der Waals surface area (Å²) in [4.78, 5) is 1.03. The summed E-state index contributed by atoms with van der Waals surface area (Å²) in [5.74, 6) is 0. The van der Waals surface area contributed by atoms with E-state index in [1.165, 1.54) is 6.07 Å². The number of hydrogen-bond acceptors (Lipinski definition) is 2. The second kappa shape index (κ2) is 6.53. The van der Waals surface area contributed by atoms with Gasteiger partial charge in [0.2, 0.25) is 0 Å². The zero-order chi connectivity index (χ0) is 17.3. The van der Waals surface area contributed by atoms with Crippen LogP contribution in [0.3, 0.4) is 0 Å². The van der Waals surface area contributed by atoms with Crippen LogP contribution in [0, 0.1) is 0 Å². The predicted molar refractivity (Wildman–Crippen MR) is 91.3 cm³/mol. The molecule has 0 spiro atoms. The van der Waals surface area contributed by atoms with Gasteiger partial charge in [0.25, 0.3) is 0 Å². The van der Waals surface area contributed by atoms with Gasteiger partial charge in [-0.05, 0) is 36.1 Å². The molecule has 7 heteroatoms. The van der Waals surface area contributed by atoms with Crippen LogP contribution in [0.5, 0.6) is 0 Å². The molecule has 0 amide bonds. The van der Waals surface area contributed by atoms with Gasteiger partial charge < -0.3 is 0 Å². The van der Waals surface area contributed by atoms with Crippen LogP contribution in [0.15, 0.2) is 53.4 Å². The van der Waals surface area contributed by atoms with E-state index in [0.29, 0.717) is 21.8 Å². The summed E-state index contributed by atoms with van der Waals surface area (Å²) in [5.41, 5.74) is 0.367. The molecule has 2 aromatic carbocycles. The number of aromatic amines is 1. The average molecular weight is 369 g/mol. The maximum Gasteiger partial charge on any atom is 0.435 e. The van der Waals surface area contributed by atoms with Crippen LogP contribution in [0.2, 0.25) is 5.02 Å². The normalized spacial score (nSPS) is 11.7. The number of nitrogens with zero attached hydrogens (tertiary/aromatic N) is 1. The van der Waals surface area contributed by atoms with Crippen molar-refractivity contribution in [1.29, 1.82) is 0 Å². The molecule has 3 rings (SSSR count). The van der Waals surface area contributed by atoms with E-state index in [9.17, 15) is 13.2 Å². The van der Waals surface area contributed by atoms with E-state index in [4.69, 9.17) is 11.6 Å². The van der Waals surface area contributed by atoms with Crippen LogP contribution >= 0.6 is 23.4 Å². The number of alkyl halides is 3. The fourth-order valence-corrected chi connectivity index (χ4v) is 3.04. The Morgan fingerprint density at radius 2 is 1.75 bits per heavy atom. The minimum Gasteiger partial charge on any atom is -0.277 e. The number of hydrogen-bond donors (Lipinski definition) is 1. The molecule has 0 bridgehead atoms. The van der Waals surface area contributed by atoms with E-state index in [1.54, 1.807) is 42.1 Å². The van der Waals surface area contributed by atoms with Gasteiger partial charge >= 0.3 is 6.18 Å². The first kappa shape index (κ1) is 16.9. The van der Waals surface area contributed by atoms with Crippen molar-refractivity contribution in [3.8, 4) is 22.4 Å². The standard InChI is InChI=1S/C17H12ClF3N2S/c1-24-13-7-5-10(6-8-13)15-14(11-3-2-4-12(18)9-11)16(23-22-15)17(19,20)21/h2-9H,1H3,(H,22,23). The third-order valence-electron chi connectivity index (χ3n) is 3.53. The summed E-state index contributed by atoms with van der Waals surface area (Å²) in [6.45, 7) is 0. The van der Waals surface area contributed by atoms with Gasteiger partial charge in [0, 0.05) is 21.0 Å². The lowest BCUT2D eigenvalue weighted by Gasteiger charge is -2.09. The highest BCUT2D eigenvalue weighted by Gasteiger charge is 2.38. The number of H-pyrrole nitrogens is 1. The van der Waals surface area contributed by atoms with Crippen LogP contribution < -0.4 is 0 Å². The van der Waals surface area contributed by atoms with E-state index >= 15 is 0 Å². The number of thioether (sulfide) groups is 1. The molecule has 2 nitrogen and oxygen atoms in total. The first-order valence-electron chi connectivity index (χ1n) is 6.96. The summed E-state index contributed by atoms with van der Waals surface area (Å²) < 4.78 is 40.1. The SMILES string of the molecule is CSc1ccc(-c2[nH]nc(C(F)(F)F)c2-c2cccc(Cl)c2)cc1. The smallest absolute Gasteiger partial charge is 0.277 e. The van der Waals surface area contributed by atoms with Crippen molar-refractivity contribution >= 4 is 23.4 Å². The van der Waals surface area contributed by atoms with Gasteiger partial charge in [0.05, 0.1) is 5.69 Å². The zero-order valence-corrected chi connectivity index (χ0v) is 14.1. The fourth-order valence-electron chi connectivity index (χ4n) is 2.44. The minimum absolute atomic E-state index is 0.00176. The summed E-state index contributed by atoms with van der Waals surface area (Å²) in [6.07, 6.45) is -2.63. The lowest BCUT2D eigenvalue weighted by atomic mass is 9.99. The van der Waals surface area contributed by atoms with Gasteiger partial charge in [-0.15, -0.1) is 11.8 Å². The molecule has 3 aromatic rings.